The van der Waals surface area contributed by atoms with Gasteiger partial charge in [0.2, 0.25) is 0 Å². The van der Waals surface area contributed by atoms with E-state index in [0.717, 1.165) is 81.2 Å². The highest BCUT2D eigenvalue weighted by Gasteiger charge is 2.25. The predicted octanol–water partition coefficient (Wildman–Crippen LogP) is 3.49. The Hall–Kier alpha value is -2.11. The van der Waals surface area contributed by atoms with E-state index in [1.165, 1.54) is 5.52 Å². The molecule has 2 N–H and O–H groups in total. The van der Waals surface area contributed by atoms with Crippen molar-refractivity contribution in [1.82, 2.24) is 25.1 Å². The number of halogens is 1. The van der Waals surface area contributed by atoms with E-state index in [1.54, 1.807) is 0 Å². The number of guanidine groups is 1. The fourth-order valence-corrected chi connectivity index (χ4v) is 4.27. The summed E-state index contributed by atoms with van der Waals surface area (Å²) in [6.45, 7) is 9.82. The first-order valence-electron chi connectivity index (χ1n) is 11.4. The lowest BCUT2D eigenvalue weighted by atomic mass is 10.1. The van der Waals surface area contributed by atoms with Crippen LogP contribution in [0.3, 0.4) is 0 Å². The van der Waals surface area contributed by atoms with E-state index < -0.39 is 0 Å². The zero-order valence-corrected chi connectivity index (χ0v) is 22.0. The Morgan fingerprint density at radius 1 is 1.12 bits per heavy atom. The number of benzene rings is 1. The van der Waals surface area contributed by atoms with Crippen molar-refractivity contribution in [3.8, 4) is 0 Å². The number of fused-ring (bicyclic) bond motifs is 1. The average molecular weight is 566 g/mol. The number of morpholine rings is 1. The molecule has 3 heterocycles. The molecule has 3 aromatic rings. The van der Waals surface area contributed by atoms with Crippen molar-refractivity contribution in [3.63, 3.8) is 0 Å². The van der Waals surface area contributed by atoms with Crippen LogP contribution < -0.4 is 10.6 Å². The maximum Gasteiger partial charge on any atom is 0.191 e. The summed E-state index contributed by atoms with van der Waals surface area (Å²) in [5.74, 6) is 3.77. The number of imidazole rings is 1. The lowest BCUT2D eigenvalue weighted by Crippen LogP contribution is -2.46. The van der Waals surface area contributed by atoms with Gasteiger partial charge in [-0.3, -0.25) is 9.89 Å². The van der Waals surface area contributed by atoms with Gasteiger partial charge in [-0.25, -0.2) is 4.98 Å². The summed E-state index contributed by atoms with van der Waals surface area (Å²) in [5, 5.41) is 6.93. The highest BCUT2D eigenvalue weighted by Crippen LogP contribution is 2.23. The molecule has 4 rings (SSSR count). The van der Waals surface area contributed by atoms with Crippen molar-refractivity contribution in [2.45, 2.75) is 32.9 Å². The molecule has 1 aromatic carbocycles. The number of para-hydroxylation sites is 2. The van der Waals surface area contributed by atoms with Crippen molar-refractivity contribution in [3.05, 3.63) is 53.7 Å². The quantitative estimate of drug-likeness (QED) is 0.188. The summed E-state index contributed by atoms with van der Waals surface area (Å²) in [6.07, 6.45) is 0.978. The smallest absolute Gasteiger partial charge is 0.191 e. The summed E-state index contributed by atoms with van der Waals surface area (Å²) in [7, 11) is 1.81. The van der Waals surface area contributed by atoms with Crippen molar-refractivity contribution in [2.24, 2.45) is 4.99 Å². The lowest BCUT2D eigenvalue weighted by Gasteiger charge is -2.33. The molecule has 9 heteroatoms. The van der Waals surface area contributed by atoms with Crippen LogP contribution in [0, 0.1) is 13.8 Å². The first-order chi connectivity index (χ1) is 15.7. The normalized spacial score (nSPS) is 15.9. The van der Waals surface area contributed by atoms with Gasteiger partial charge in [-0.2, -0.15) is 0 Å². The highest BCUT2D eigenvalue weighted by atomic mass is 127. The zero-order chi connectivity index (χ0) is 22.3. The van der Waals surface area contributed by atoms with Crippen LogP contribution in [0.2, 0.25) is 0 Å². The standard InChI is InChI=1S/C24H34N6O2.HI/c1-18-9-10-23(32-18)22(29-13-15-31-16-14-29)17-27-24(25-3)26-11-6-12-30-19(2)28-20-7-4-5-8-21(20)30;/h4-5,7-10,22H,6,11-17H2,1-3H3,(H2,25,26,27);1H. The third-order valence-corrected chi connectivity index (χ3v) is 5.96. The fraction of sp³-hybridized carbons (Fsp3) is 0.500. The van der Waals surface area contributed by atoms with Crippen molar-refractivity contribution < 1.29 is 9.15 Å². The molecule has 180 valence electrons. The minimum Gasteiger partial charge on any atom is -0.465 e. The number of hydrogen-bond acceptors (Lipinski definition) is 5. The summed E-state index contributed by atoms with van der Waals surface area (Å²) in [5.41, 5.74) is 2.24. The van der Waals surface area contributed by atoms with E-state index in [4.69, 9.17) is 9.15 Å². The Kier molecular flexibility index (Phi) is 9.57. The number of nitrogens with zero attached hydrogens (tertiary/aromatic N) is 4. The molecule has 1 saturated heterocycles. The Morgan fingerprint density at radius 2 is 1.91 bits per heavy atom. The second kappa shape index (κ2) is 12.4. The average Bonchev–Trinajstić information content (AvgIpc) is 3.38. The summed E-state index contributed by atoms with van der Waals surface area (Å²) in [4.78, 5) is 11.5. The lowest BCUT2D eigenvalue weighted by molar-refractivity contribution is 0.0124. The second-order valence-corrected chi connectivity index (χ2v) is 8.15. The topological polar surface area (TPSA) is 79.8 Å². The Labute approximate surface area is 212 Å². The number of aryl methyl sites for hydroxylation is 3. The zero-order valence-electron chi connectivity index (χ0n) is 19.7. The summed E-state index contributed by atoms with van der Waals surface area (Å²) < 4.78 is 13.8. The number of hydrogen-bond donors (Lipinski definition) is 2. The molecule has 1 unspecified atom stereocenters. The van der Waals surface area contributed by atoms with E-state index in [9.17, 15) is 0 Å². The van der Waals surface area contributed by atoms with Crippen molar-refractivity contribution in [1.29, 1.82) is 0 Å². The molecule has 8 nitrogen and oxygen atoms in total. The molecule has 33 heavy (non-hydrogen) atoms. The van der Waals surface area contributed by atoms with Crippen LogP contribution in [-0.2, 0) is 11.3 Å². The number of aliphatic imine (C=N–C) groups is 1. The van der Waals surface area contributed by atoms with E-state index in [2.05, 4.69) is 61.3 Å². The van der Waals surface area contributed by atoms with Gasteiger partial charge >= 0.3 is 0 Å². The van der Waals surface area contributed by atoms with Gasteiger partial charge < -0.3 is 24.4 Å². The third kappa shape index (κ3) is 6.48. The van der Waals surface area contributed by atoms with Gasteiger partial charge in [0.1, 0.15) is 17.3 Å². The largest absolute Gasteiger partial charge is 0.465 e. The van der Waals surface area contributed by atoms with E-state index in [1.807, 2.05) is 26.1 Å². The van der Waals surface area contributed by atoms with Gasteiger partial charge in [-0.15, -0.1) is 24.0 Å². The predicted molar refractivity (Wildman–Crippen MR) is 142 cm³/mol. The number of ether oxygens (including phenoxy) is 1. The van der Waals surface area contributed by atoms with Gasteiger partial charge in [0.05, 0.1) is 30.3 Å². The molecule has 0 spiro atoms. The highest BCUT2D eigenvalue weighted by molar-refractivity contribution is 14.0. The molecule has 2 aromatic heterocycles. The molecule has 1 fully saturated rings. The molecule has 0 bridgehead atoms. The molecule has 0 aliphatic carbocycles. The minimum absolute atomic E-state index is 0. The molecular formula is C24H35IN6O2. The Morgan fingerprint density at radius 3 is 2.64 bits per heavy atom. The minimum atomic E-state index is 0. The molecule has 1 aliphatic rings. The first kappa shape index (κ1) is 25.5. The van der Waals surface area contributed by atoms with E-state index >= 15 is 0 Å². The Bertz CT molecular complexity index is 1040. The van der Waals surface area contributed by atoms with Gasteiger partial charge in [0.25, 0.3) is 0 Å². The second-order valence-electron chi connectivity index (χ2n) is 8.15. The Balaban J connectivity index is 0.00000306. The first-order valence-corrected chi connectivity index (χ1v) is 11.4. The van der Waals surface area contributed by atoms with Crippen LogP contribution in [-0.4, -0.2) is 66.9 Å². The molecule has 1 atom stereocenters. The maximum atomic E-state index is 5.96. The van der Waals surface area contributed by atoms with Crippen LogP contribution in [0.4, 0.5) is 0 Å². The molecule has 0 radical (unpaired) electrons. The number of nitrogens with one attached hydrogen (secondary N) is 2. The SMILES string of the molecule is CN=C(NCCCn1c(C)nc2ccccc21)NCC(c1ccc(C)o1)N1CCOCC1.I. The number of rotatable bonds is 8. The fourth-order valence-electron chi connectivity index (χ4n) is 4.27. The van der Waals surface area contributed by atoms with Crippen molar-refractivity contribution >= 4 is 41.0 Å². The molecule has 0 amide bonds. The maximum absolute atomic E-state index is 5.96. The van der Waals surface area contributed by atoms with E-state index in [0.29, 0.717) is 0 Å². The summed E-state index contributed by atoms with van der Waals surface area (Å²) in [6, 6.07) is 12.5. The third-order valence-electron chi connectivity index (χ3n) is 5.96. The summed E-state index contributed by atoms with van der Waals surface area (Å²) >= 11 is 0. The van der Waals surface area contributed by atoms with Crippen LogP contribution in [0.15, 0.2) is 45.8 Å². The van der Waals surface area contributed by atoms with Crippen LogP contribution in [0.1, 0.15) is 29.8 Å². The van der Waals surface area contributed by atoms with E-state index in [-0.39, 0.29) is 30.0 Å². The van der Waals surface area contributed by atoms with Gasteiger partial charge in [0, 0.05) is 39.8 Å². The molecule has 1 aliphatic heterocycles. The van der Waals surface area contributed by atoms with Gasteiger partial charge in [0.15, 0.2) is 5.96 Å². The molecule has 0 saturated carbocycles. The van der Waals surface area contributed by atoms with Crippen LogP contribution in [0.5, 0.6) is 0 Å². The van der Waals surface area contributed by atoms with Gasteiger partial charge in [-0.1, -0.05) is 12.1 Å². The monoisotopic (exact) mass is 566 g/mol. The number of aromatic nitrogens is 2. The van der Waals surface area contributed by atoms with Gasteiger partial charge in [-0.05, 0) is 44.5 Å². The number of furan rings is 1. The van der Waals surface area contributed by atoms with Crippen molar-refractivity contribution in [2.75, 3.05) is 46.4 Å². The van der Waals surface area contributed by atoms with Crippen LogP contribution >= 0.6 is 24.0 Å². The van der Waals surface area contributed by atoms with Crippen LogP contribution in [0.25, 0.3) is 11.0 Å². The molecular weight excluding hydrogens is 531 g/mol.